The molecule has 8 heteroatoms. The molecule has 0 bridgehead atoms. The molecule has 0 saturated carbocycles. The van der Waals surface area contributed by atoms with Gasteiger partial charge in [0.25, 0.3) is 0 Å². The largest absolute Gasteiger partial charge is 0.486 e. The van der Waals surface area contributed by atoms with Crippen molar-refractivity contribution in [3.63, 3.8) is 0 Å². The van der Waals surface area contributed by atoms with E-state index in [1.807, 2.05) is 38.2 Å². The van der Waals surface area contributed by atoms with Crippen LogP contribution in [-0.2, 0) is 11.3 Å². The van der Waals surface area contributed by atoms with Crippen LogP contribution in [0.3, 0.4) is 0 Å². The topological polar surface area (TPSA) is 65.4 Å². The maximum atomic E-state index is 13.1. The third kappa shape index (κ3) is 4.85. The molecule has 3 aromatic rings. The summed E-state index contributed by atoms with van der Waals surface area (Å²) in [6, 6.07) is 11.8. The fourth-order valence-corrected chi connectivity index (χ4v) is 4.31. The van der Waals surface area contributed by atoms with Crippen molar-refractivity contribution in [3.05, 3.63) is 60.0 Å². The van der Waals surface area contributed by atoms with Crippen molar-refractivity contribution in [1.82, 2.24) is 14.9 Å². The minimum Gasteiger partial charge on any atom is -0.486 e. The van der Waals surface area contributed by atoms with Gasteiger partial charge in [0.15, 0.2) is 16.7 Å². The first kappa shape index (κ1) is 21.2. The Morgan fingerprint density at radius 1 is 1.19 bits per heavy atom. The average Bonchev–Trinajstić information content (AvgIpc) is 3.20. The molecule has 0 fully saturated rings. The van der Waals surface area contributed by atoms with Crippen molar-refractivity contribution >= 4 is 17.7 Å². The number of nitrogens with zero attached hydrogens (tertiary/aromatic N) is 2. The summed E-state index contributed by atoms with van der Waals surface area (Å²) in [5, 5.41) is 3.72. The zero-order valence-corrected chi connectivity index (χ0v) is 18.2. The number of carbonyl (C=O) groups is 1. The first-order chi connectivity index (χ1) is 15.0. The SMILES string of the molecule is CCn1c(-c2ccc3c(c2)OCCO3)cnc1SCC(=O)NC(C)c1ccc(F)cc1. The lowest BCUT2D eigenvalue weighted by Gasteiger charge is -2.19. The Balaban J connectivity index is 1.42. The van der Waals surface area contributed by atoms with Crippen LogP contribution in [0, 0.1) is 5.82 Å². The fourth-order valence-electron chi connectivity index (χ4n) is 3.46. The Hall–Kier alpha value is -3.00. The molecule has 1 aliphatic heterocycles. The Bertz CT molecular complexity index is 1070. The van der Waals surface area contributed by atoms with E-state index < -0.39 is 0 Å². The molecule has 0 saturated heterocycles. The van der Waals surface area contributed by atoms with Gasteiger partial charge in [-0.25, -0.2) is 9.37 Å². The number of benzene rings is 2. The van der Waals surface area contributed by atoms with Crippen LogP contribution < -0.4 is 14.8 Å². The van der Waals surface area contributed by atoms with Gasteiger partial charge < -0.3 is 19.4 Å². The van der Waals surface area contributed by atoms with Gasteiger partial charge in [0.2, 0.25) is 5.91 Å². The highest BCUT2D eigenvalue weighted by molar-refractivity contribution is 7.99. The molecule has 31 heavy (non-hydrogen) atoms. The highest BCUT2D eigenvalue weighted by Gasteiger charge is 2.17. The van der Waals surface area contributed by atoms with Crippen LogP contribution in [-0.4, -0.2) is 34.4 Å². The van der Waals surface area contributed by atoms with Gasteiger partial charge in [-0.2, -0.15) is 0 Å². The zero-order chi connectivity index (χ0) is 21.8. The second kappa shape index (κ2) is 9.43. The predicted molar refractivity (Wildman–Crippen MR) is 118 cm³/mol. The number of hydrogen-bond donors (Lipinski definition) is 1. The van der Waals surface area contributed by atoms with Gasteiger partial charge in [0, 0.05) is 12.1 Å². The highest BCUT2D eigenvalue weighted by atomic mass is 32.2. The van der Waals surface area contributed by atoms with Crippen LogP contribution in [0.1, 0.15) is 25.5 Å². The van der Waals surface area contributed by atoms with Crippen molar-refractivity contribution in [2.45, 2.75) is 31.6 Å². The molecule has 0 radical (unpaired) electrons. The predicted octanol–water partition coefficient (Wildman–Crippen LogP) is 4.45. The third-order valence-electron chi connectivity index (χ3n) is 5.05. The molecule has 162 valence electrons. The normalized spacial score (nSPS) is 13.6. The molecule has 1 aliphatic rings. The summed E-state index contributed by atoms with van der Waals surface area (Å²) in [6.07, 6.45) is 1.82. The quantitative estimate of drug-likeness (QED) is 0.549. The fraction of sp³-hybridized carbons (Fsp3) is 0.304. The van der Waals surface area contributed by atoms with Crippen LogP contribution >= 0.6 is 11.8 Å². The first-order valence-corrected chi connectivity index (χ1v) is 11.2. The van der Waals surface area contributed by atoms with Crippen LogP contribution in [0.4, 0.5) is 4.39 Å². The molecule has 0 spiro atoms. The van der Waals surface area contributed by atoms with E-state index in [1.165, 1.54) is 23.9 Å². The van der Waals surface area contributed by atoms with Crippen molar-refractivity contribution in [2.24, 2.45) is 0 Å². The molecular weight excluding hydrogens is 417 g/mol. The molecule has 6 nitrogen and oxygen atoms in total. The van der Waals surface area contributed by atoms with Gasteiger partial charge >= 0.3 is 0 Å². The number of hydrogen-bond acceptors (Lipinski definition) is 5. The summed E-state index contributed by atoms with van der Waals surface area (Å²) in [5.41, 5.74) is 2.80. The molecule has 4 rings (SSSR count). The minimum absolute atomic E-state index is 0.103. The lowest BCUT2D eigenvalue weighted by atomic mass is 10.1. The van der Waals surface area contributed by atoms with E-state index in [0.29, 0.717) is 13.2 Å². The number of nitrogens with one attached hydrogen (secondary N) is 1. The van der Waals surface area contributed by atoms with Gasteiger partial charge in [0.05, 0.1) is 23.7 Å². The summed E-state index contributed by atoms with van der Waals surface area (Å²) in [4.78, 5) is 17.0. The lowest BCUT2D eigenvalue weighted by molar-refractivity contribution is -0.119. The van der Waals surface area contributed by atoms with E-state index in [2.05, 4.69) is 14.9 Å². The second-order valence-electron chi connectivity index (χ2n) is 7.16. The smallest absolute Gasteiger partial charge is 0.230 e. The molecule has 2 aromatic carbocycles. The Labute approximate surface area is 184 Å². The number of amides is 1. The number of fused-ring (bicyclic) bond motifs is 1. The van der Waals surface area contributed by atoms with Crippen molar-refractivity contribution in [2.75, 3.05) is 19.0 Å². The molecule has 0 aliphatic carbocycles. The first-order valence-electron chi connectivity index (χ1n) is 10.2. The zero-order valence-electron chi connectivity index (χ0n) is 17.4. The lowest BCUT2D eigenvalue weighted by Crippen LogP contribution is -2.28. The summed E-state index contributed by atoms with van der Waals surface area (Å²) in [5.74, 6) is 1.32. The van der Waals surface area contributed by atoms with Crippen LogP contribution in [0.15, 0.2) is 53.8 Å². The van der Waals surface area contributed by atoms with Gasteiger partial charge in [-0.3, -0.25) is 4.79 Å². The average molecular weight is 442 g/mol. The van der Waals surface area contributed by atoms with E-state index in [-0.39, 0.29) is 23.5 Å². The Morgan fingerprint density at radius 2 is 1.94 bits per heavy atom. The van der Waals surface area contributed by atoms with Gasteiger partial charge in [-0.15, -0.1) is 0 Å². The number of carbonyl (C=O) groups excluding carboxylic acids is 1. The van der Waals surface area contributed by atoms with E-state index in [9.17, 15) is 9.18 Å². The maximum Gasteiger partial charge on any atom is 0.230 e. The Kier molecular flexibility index (Phi) is 6.46. The molecule has 1 unspecified atom stereocenters. The van der Waals surface area contributed by atoms with E-state index in [4.69, 9.17) is 9.47 Å². The summed E-state index contributed by atoms with van der Waals surface area (Å²) < 4.78 is 26.5. The Morgan fingerprint density at radius 3 is 2.68 bits per heavy atom. The number of thioether (sulfide) groups is 1. The number of imidazole rings is 1. The molecule has 1 atom stereocenters. The number of rotatable bonds is 7. The molecule has 1 amide bonds. The summed E-state index contributed by atoms with van der Waals surface area (Å²) in [7, 11) is 0. The van der Waals surface area contributed by atoms with E-state index >= 15 is 0 Å². The molecule has 2 heterocycles. The van der Waals surface area contributed by atoms with Gasteiger partial charge in [0.1, 0.15) is 19.0 Å². The molecule has 1 N–H and O–H groups in total. The number of halogens is 1. The van der Waals surface area contributed by atoms with E-state index in [0.717, 1.165) is 40.0 Å². The van der Waals surface area contributed by atoms with Gasteiger partial charge in [-0.1, -0.05) is 23.9 Å². The van der Waals surface area contributed by atoms with Crippen molar-refractivity contribution in [1.29, 1.82) is 0 Å². The van der Waals surface area contributed by atoms with E-state index in [1.54, 1.807) is 12.1 Å². The monoisotopic (exact) mass is 441 g/mol. The summed E-state index contributed by atoms with van der Waals surface area (Å²) in [6.45, 7) is 5.74. The van der Waals surface area contributed by atoms with Gasteiger partial charge in [-0.05, 0) is 49.7 Å². The van der Waals surface area contributed by atoms with Crippen LogP contribution in [0.2, 0.25) is 0 Å². The van der Waals surface area contributed by atoms with Crippen molar-refractivity contribution < 1.29 is 18.7 Å². The van der Waals surface area contributed by atoms with Crippen LogP contribution in [0.25, 0.3) is 11.3 Å². The maximum absolute atomic E-state index is 13.1. The summed E-state index contributed by atoms with van der Waals surface area (Å²) >= 11 is 1.39. The van der Waals surface area contributed by atoms with Crippen molar-refractivity contribution in [3.8, 4) is 22.8 Å². The highest BCUT2D eigenvalue weighted by Crippen LogP contribution is 2.35. The number of ether oxygens (including phenoxy) is 2. The molecule has 1 aromatic heterocycles. The standard InChI is InChI=1S/C23H24FN3O3S/c1-3-27-19(17-6-9-20-21(12-17)30-11-10-29-20)13-25-23(27)31-14-22(28)26-15(2)16-4-7-18(24)8-5-16/h4-9,12-13,15H,3,10-11,14H2,1-2H3,(H,26,28). The molecular formula is C23H24FN3O3S. The number of aromatic nitrogens is 2. The minimum atomic E-state index is -0.293. The van der Waals surface area contributed by atoms with Crippen LogP contribution in [0.5, 0.6) is 11.5 Å². The third-order valence-corrected chi connectivity index (χ3v) is 6.04. The second-order valence-corrected chi connectivity index (χ2v) is 8.10.